The van der Waals surface area contributed by atoms with Crippen LogP contribution in [0.5, 0.6) is 17.2 Å². The number of rotatable bonds is 5. The van der Waals surface area contributed by atoms with E-state index in [2.05, 4.69) is 15.4 Å². The quantitative estimate of drug-likeness (QED) is 0.840. The van der Waals surface area contributed by atoms with Gasteiger partial charge in [-0.2, -0.15) is 10.1 Å². The minimum absolute atomic E-state index is 0.0265. The van der Waals surface area contributed by atoms with Gasteiger partial charge in [0.25, 0.3) is 0 Å². The monoisotopic (exact) mass is 346 g/mol. The summed E-state index contributed by atoms with van der Waals surface area (Å²) in [5.41, 5.74) is 0.750. The maximum Gasteiger partial charge on any atom is 0.352 e. The van der Waals surface area contributed by atoms with E-state index in [0.29, 0.717) is 29.0 Å². The molecule has 0 saturated carbocycles. The number of carbonyl (C=O) groups is 1. The summed E-state index contributed by atoms with van der Waals surface area (Å²) in [6.07, 6.45) is 1.56. The number of benzene rings is 1. The minimum atomic E-state index is -1.08. The Bertz CT molecular complexity index is 833. The van der Waals surface area contributed by atoms with E-state index in [9.17, 15) is 9.90 Å². The number of aliphatic carboxylic acids is 1. The molecule has 132 valence electrons. The molecule has 1 aliphatic rings. The van der Waals surface area contributed by atoms with Crippen molar-refractivity contribution in [3.05, 3.63) is 35.3 Å². The zero-order valence-corrected chi connectivity index (χ0v) is 14.2. The highest BCUT2D eigenvalue weighted by Crippen LogP contribution is 2.41. The number of methoxy groups -OCH3 is 3. The molecule has 0 fully saturated rings. The molecular formula is C16H18N4O5. The molecule has 0 unspecified atom stereocenters. The third-order valence-corrected chi connectivity index (χ3v) is 3.83. The highest BCUT2D eigenvalue weighted by atomic mass is 16.5. The van der Waals surface area contributed by atoms with Crippen LogP contribution in [0.3, 0.4) is 0 Å². The summed E-state index contributed by atoms with van der Waals surface area (Å²) in [4.78, 5) is 15.7. The third-order valence-electron chi connectivity index (χ3n) is 3.83. The van der Waals surface area contributed by atoms with Gasteiger partial charge in [-0.1, -0.05) is 0 Å². The molecule has 9 nitrogen and oxygen atoms in total. The van der Waals surface area contributed by atoms with Crippen molar-refractivity contribution in [1.29, 1.82) is 0 Å². The van der Waals surface area contributed by atoms with Crippen molar-refractivity contribution < 1.29 is 24.1 Å². The maximum atomic E-state index is 11.4. The minimum Gasteiger partial charge on any atom is -0.493 e. The number of ether oxygens (including phenoxy) is 3. The van der Waals surface area contributed by atoms with E-state index in [1.807, 2.05) is 0 Å². The number of hydrogen-bond donors (Lipinski definition) is 2. The number of anilines is 1. The van der Waals surface area contributed by atoms with E-state index in [4.69, 9.17) is 14.2 Å². The highest BCUT2D eigenvalue weighted by Gasteiger charge is 2.28. The van der Waals surface area contributed by atoms with Gasteiger partial charge in [0.15, 0.2) is 11.5 Å². The predicted molar refractivity (Wildman–Crippen MR) is 88.3 cm³/mol. The Morgan fingerprint density at radius 2 is 1.84 bits per heavy atom. The third kappa shape index (κ3) is 2.84. The molecule has 2 aromatic rings. The summed E-state index contributed by atoms with van der Waals surface area (Å²) in [6, 6.07) is 3.03. The van der Waals surface area contributed by atoms with Crippen molar-refractivity contribution in [2.45, 2.75) is 13.0 Å². The van der Waals surface area contributed by atoms with Crippen LogP contribution in [-0.4, -0.2) is 47.2 Å². The molecular weight excluding hydrogens is 328 g/mol. The van der Waals surface area contributed by atoms with Gasteiger partial charge in [0.1, 0.15) is 17.6 Å². The van der Waals surface area contributed by atoms with Gasteiger partial charge in [-0.25, -0.2) is 9.48 Å². The molecule has 2 heterocycles. The molecule has 9 heteroatoms. The lowest BCUT2D eigenvalue weighted by Gasteiger charge is -2.24. The number of carboxylic acid groups (broad SMARTS) is 1. The van der Waals surface area contributed by atoms with E-state index >= 15 is 0 Å². The molecule has 2 N–H and O–H groups in total. The summed E-state index contributed by atoms with van der Waals surface area (Å²) in [5, 5.41) is 16.5. The molecule has 0 saturated heterocycles. The fourth-order valence-corrected chi connectivity index (χ4v) is 2.73. The molecule has 0 aliphatic carbocycles. The van der Waals surface area contributed by atoms with Crippen molar-refractivity contribution in [2.24, 2.45) is 0 Å². The average Bonchev–Trinajstić information content (AvgIpc) is 2.99. The van der Waals surface area contributed by atoms with Crippen LogP contribution in [0, 0.1) is 6.92 Å². The smallest absolute Gasteiger partial charge is 0.352 e. The predicted octanol–water partition coefficient (Wildman–Crippen LogP) is 1.60. The lowest BCUT2D eigenvalue weighted by Crippen LogP contribution is -2.24. The first-order chi connectivity index (χ1) is 12.0. The maximum absolute atomic E-state index is 11.4. The largest absolute Gasteiger partial charge is 0.493 e. The van der Waals surface area contributed by atoms with Gasteiger partial charge < -0.3 is 24.6 Å². The van der Waals surface area contributed by atoms with Gasteiger partial charge in [0.05, 0.1) is 21.3 Å². The van der Waals surface area contributed by atoms with Crippen molar-refractivity contribution in [1.82, 2.24) is 14.8 Å². The average molecular weight is 346 g/mol. The van der Waals surface area contributed by atoms with Gasteiger partial charge in [0, 0.05) is 0 Å². The van der Waals surface area contributed by atoms with Crippen LogP contribution in [0.1, 0.15) is 17.4 Å². The van der Waals surface area contributed by atoms with Gasteiger partial charge in [0.2, 0.25) is 11.7 Å². The number of aryl methyl sites for hydroxylation is 1. The number of allylic oxidation sites excluding steroid dienone is 1. The Kier molecular flexibility index (Phi) is 4.22. The summed E-state index contributed by atoms with van der Waals surface area (Å²) >= 11 is 0. The number of hydrogen-bond acceptors (Lipinski definition) is 7. The molecule has 1 atom stereocenters. The normalized spacial score (nSPS) is 15.7. The number of aromatic nitrogens is 3. The molecule has 1 aromatic carbocycles. The van der Waals surface area contributed by atoms with E-state index in [-0.39, 0.29) is 5.70 Å². The van der Waals surface area contributed by atoms with Crippen molar-refractivity contribution in [2.75, 3.05) is 26.6 Å². The second kappa shape index (κ2) is 6.34. The molecule has 1 aromatic heterocycles. The standard InChI is InChI=1S/C16H18N4O5/c1-8-17-16-18-10(15(21)22)7-11(20(16)19-8)9-5-12(23-2)14(25-4)13(6-9)24-3/h5-7,11H,1-4H3,(H,21,22)(H,17,18,19)/t11-/m0/s1. The zero-order chi connectivity index (χ0) is 18.1. The Hall–Kier alpha value is -3.23. The molecule has 0 spiro atoms. The molecule has 3 rings (SSSR count). The zero-order valence-electron chi connectivity index (χ0n) is 14.2. The first-order valence-electron chi connectivity index (χ1n) is 7.43. The second-order valence-electron chi connectivity index (χ2n) is 5.34. The number of fused-ring (bicyclic) bond motifs is 1. The van der Waals surface area contributed by atoms with Gasteiger partial charge in [-0.15, -0.1) is 0 Å². The van der Waals surface area contributed by atoms with Gasteiger partial charge in [-0.05, 0) is 30.7 Å². The Morgan fingerprint density at radius 3 is 2.36 bits per heavy atom. The number of nitrogens with zero attached hydrogens (tertiary/aromatic N) is 3. The first-order valence-corrected chi connectivity index (χ1v) is 7.43. The van der Waals surface area contributed by atoms with E-state index in [1.165, 1.54) is 21.3 Å². The van der Waals surface area contributed by atoms with Crippen molar-refractivity contribution >= 4 is 11.9 Å². The molecule has 0 amide bonds. The highest BCUT2D eigenvalue weighted by molar-refractivity contribution is 5.90. The summed E-state index contributed by atoms with van der Waals surface area (Å²) in [7, 11) is 4.56. The summed E-state index contributed by atoms with van der Waals surface area (Å²) < 4.78 is 17.7. The van der Waals surface area contributed by atoms with E-state index in [0.717, 1.165) is 5.56 Å². The molecule has 25 heavy (non-hydrogen) atoms. The van der Waals surface area contributed by atoms with E-state index in [1.54, 1.807) is 29.8 Å². The Balaban J connectivity index is 2.18. The van der Waals surface area contributed by atoms with Crippen LogP contribution in [-0.2, 0) is 4.79 Å². The lowest BCUT2D eigenvalue weighted by molar-refractivity contribution is -0.132. The van der Waals surface area contributed by atoms with Crippen molar-refractivity contribution in [3.63, 3.8) is 0 Å². The molecule has 0 radical (unpaired) electrons. The van der Waals surface area contributed by atoms with Crippen LogP contribution in [0.15, 0.2) is 23.9 Å². The fraction of sp³-hybridized carbons (Fsp3) is 0.312. The first kappa shape index (κ1) is 16.6. The topological polar surface area (TPSA) is 108 Å². The Labute approximate surface area is 143 Å². The number of carboxylic acids is 1. The van der Waals surface area contributed by atoms with Crippen LogP contribution in [0.2, 0.25) is 0 Å². The second-order valence-corrected chi connectivity index (χ2v) is 5.34. The van der Waals surface area contributed by atoms with Crippen LogP contribution in [0.25, 0.3) is 0 Å². The Morgan fingerprint density at radius 1 is 1.20 bits per heavy atom. The lowest BCUT2D eigenvalue weighted by atomic mass is 10.0. The van der Waals surface area contributed by atoms with Gasteiger partial charge in [-0.3, -0.25) is 0 Å². The van der Waals surface area contributed by atoms with Crippen LogP contribution >= 0.6 is 0 Å². The fourth-order valence-electron chi connectivity index (χ4n) is 2.73. The van der Waals surface area contributed by atoms with Crippen LogP contribution in [0.4, 0.5) is 5.95 Å². The summed E-state index contributed by atoms with van der Waals surface area (Å²) in [5.74, 6) is 1.21. The molecule has 0 bridgehead atoms. The number of nitrogens with one attached hydrogen (secondary N) is 1. The summed E-state index contributed by atoms with van der Waals surface area (Å²) in [6.45, 7) is 1.74. The van der Waals surface area contributed by atoms with Crippen molar-refractivity contribution in [3.8, 4) is 17.2 Å². The van der Waals surface area contributed by atoms with Gasteiger partial charge >= 0.3 is 5.97 Å². The van der Waals surface area contributed by atoms with E-state index < -0.39 is 12.0 Å². The SMILES string of the molecule is COc1cc([C@@H]2C=C(C(=O)O)Nc3nc(C)nn32)cc(OC)c1OC. The van der Waals surface area contributed by atoms with Crippen LogP contribution < -0.4 is 19.5 Å². The molecule has 1 aliphatic heterocycles.